The van der Waals surface area contributed by atoms with Crippen LogP contribution in [0.15, 0.2) is 227 Å². The Morgan fingerprint density at radius 1 is 0.417 bits per heavy atom. The zero-order valence-corrected chi connectivity index (χ0v) is 40.0. The zero-order chi connectivity index (χ0) is 48.7. The SMILES string of the molecule is [NH-]c1cc([N+](=O)[O-])ccc1[O-].[NH-]c1cc([N+](=O)[O-])ccc1[O-].[O-2].[O-2].[O-]/C(=N\N=C(/c1ccccc1)c1ccccn1)c1ccccc1.[O-]/C(=N\N=C(/c1ccccc1)c1ccccn1)c1ccccc1.[V].[V]. The van der Waals surface area contributed by atoms with Crippen molar-refractivity contribution in [3.8, 4) is 11.5 Å². The molecule has 2 radical (unpaired) electrons. The average Bonchev–Trinajstić information content (AvgIpc) is 3.38. The molecule has 0 unspecified atom stereocenters. The molecular formula is C50H36N10O10V2-10. The van der Waals surface area contributed by atoms with E-state index in [-0.39, 0.29) is 82.6 Å². The van der Waals surface area contributed by atoms with Crippen LogP contribution in [0.25, 0.3) is 11.5 Å². The molecule has 0 aliphatic heterocycles. The fraction of sp³-hybridized carbons (Fsp3) is 0. The number of nitrogens with zero attached hydrogens (tertiary/aromatic N) is 8. The minimum atomic E-state index is -0.641. The first-order valence-corrected chi connectivity index (χ1v) is 19.9. The summed E-state index contributed by atoms with van der Waals surface area (Å²) in [5.41, 5.74) is 17.9. The molecule has 0 aliphatic carbocycles. The van der Waals surface area contributed by atoms with Crippen molar-refractivity contribution in [2.75, 3.05) is 0 Å². The largest absolute Gasteiger partial charge is 2.00 e. The predicted molar refractivity (Wildman–Crippen MR) is 253 cm³/mol. The predicted octanol–water partition coefficient (Wildman–Crippen LogP) is 7.74. The van der Waals surface area contributed by atoms with Crippen LogP contribution in [0.3, 0.4) is 0 Å². The van der Waals surface area contributed by atoms with Crippen LogP contribution in [-0.4, -0.2) is 43.0 Å². The van der Waals surface area contributed by atoms with Gasteiger partial charge in [0.2, 0.25) is 0 Å². The third-order valence-corrected chi connectivity index (χ3v) is 8.78. The molecule has 0 saturated carbocycles. The van der Waals surface area contributed by atoms with E-state index < -0.39 is 21.3 Å². The molecule has 72 heavy (non-hydrogen) atoms. The van der Waals surface area contributed by atoms with E-state index in [2.05, 4.69) is 30.4 Å². The van der Waals surface area contributed by atoms with Crippen molar-refractivity contribution in [1.29, 1.82) is 0 Å². The van der Waals surface area contributed by atoms with Crippen molar-refractivity contribution in [2.45, 2.75) is 0 Å². The van der Waals surface area contributed by atoms with Gasteiger partial charge in [0.25, 0.3) is 11.4 Å². The van der Waals surface area contributed by atoms with Gasteiger partial charge in [-0.25, -0.2) is 0 Å². The number of nitro benzene ring substituents is 2. The zero-order valence-electron chi connectivity index (χ0n) is 37.2. The quantitative estimate of drug-likeness (QED) is 0.0554. The molecule has 20 nitrogen and oxygen atoms in total. The normalized spacial score (nSPS) is 10.7. The maximum Gasteiger partial charge on any atom is 0.268 e. The van der Waals surface area contributed by atoms with E-state index in [9.17, 15) is 40.7 Å². The van der Waals surface area contributed by atoms with Crippen molar-refractivity contribution >= 4 is 46.0 Å². The van der Waals surface area contributed by atoms with Gasteiger partial charge in [0.05, 0.1) is 21.2 Å². The number of hydrogen-bond donors (Lipinski definition) is 0. The van der Waals surface area contributed by atoms with Crippen molar-refractivity contribution in [2.24, 2.45) is 20.4 Å². The van der Waals surface area contributed by atoms with Gasteiger partial charge in [-0.2, -0.15) is 10.2 Å². The molecule has 0 bridgehead atoms. The molecule has 0 fully saturated rings. The van der Waals surface area contributed by atoms with E-state index in [0.29, 0.717) is 33.9 Å². The monoisotopic (exact) mass is 1040 g/mol. The van der Waals surface area contributed by atoms with Gasteiger partial charge in [-0.1, -0.05) is 146 Å². The van der Waals surface area contributed by atoms with E-state index in [1.165, 1.54) is 0 Å². The summed E-state index contributed by atoms with van der Waals surface area (Å²) in [6.45, 7) is 0. The number of benzene rings is 6. The van der Waals surface area contributed by atoms with Crippen LogP contribution < -0.4 is 20.4 Å². The Balaban J connectivity index is 0.000000497. The van der Waals surface area contributed by atoms with Crippen molar-refractivity contribution in [3.05, 3.63) is 272 Å². The van der Waals surface area contributed by atoms with Gasteiger partial charge in [0.15, 0.2) is 0 Å². The second kappa shape index (κ2) is 31.9. The number of hydrogen-bond acceptors (Lipinski definition) is 14. The van der Waals surface area contributed by atoms with Gasteiger partial charge in [-0.05, 0) is 35.4 Å². The molecule has 22 heteroatoms. The summed E-state index contributed by atoms with van der Waals surface area (Å²) in [5.74, 6) is -1.77. The van der Waals surface area contributed by atoms with Crippen LogP contribution in [-0.2, 0) is 48.1 Å². The fourth-order valence-electron chi connectivity index (χ4n) is 5.44. The summed E-state index contributed by atoms with van der Waals surface area (Å²) in [4.78, 5) is 27.5. The second-order valence-corrected chi connectivity index (χ2v) is 13.5. The van der Waals surface area contributed by atoms with Gasteiger partial charge in [0.1, 0.15) is 11.4 Å². The topological polar surface area (TPSA) is 358 Å². The first-order chi connectivity index (χ1) is 32.9. The first-order valence-electron chi connectivity index (χ1n) is 19.9. The van der Waals surface area contributed by atoms with E-state index in [0.717, 1.165) is 47.5 Å². The van der Waals surface area contributed by atoms with E-state index in [1.807, 2.05) is 109 Å². The smallest absolute Gasteiger partial charge is 0.268 e. The van der Waals surface area contributed by atoms with Gasteiger partial charge < -0.3 is 42.8 Å². The number of aromatic nitrogens is 2. The minimum Gasteiger partial charge on any atom is -2.00 e. The maximum atomic E-state index is 12.1. The number of nitro groups is 2. The van der Waals surface area contributed by atoms with Gasteiger partial charge in [0, 0.05) is 96.7 Å². The molecule has 366 valence electrons. The third-order valence-electron chi connectivity index (χ3n) is 8.78. The Morgan fingerprint density at radius 3 is 0.972 bits per heavy atom. The van der Waals surface area contributed by atoms with E-state index in [1.54, 1.807) is 60.9 Å². The molecule has 0 spiro atoms. The first kappa shape index (κ1) is 61.0. The van der Waals surface area contributed by atoms with Gasteiger partial charge in [-0.3, -0.25) is 30.2 Å². The van der Waals surface area contributed by atoms with Gasteiger partial charge in [-0.15, -0.1) is 33.1 Å². The summed E-state index contributed by atoms with van der Waals surface area (Å²) in [7, 11) is 0. The Labute approximate surface area is 435 Å². The van der Waals surface area contributed by atoms with Crippen molar-refractivity contribution in [3.63, 3.8) is 0 Å². The molecule has 2 heterocycles. The molecule has 0 amide bonds. The Bertz CT molecular complexity index is 2730. The summed E-state index contributed by atoms with van der Waals surface area (Å²) >= 11 is 0. The van der Waals surface area contributed by atoms with Crippen LogP contribution in [0.2, 0.25) is 0 Å². The molecule has 2 aromatic heterocycles. The van der Waals surface area contributed by atoms with Crippen molar-refractivity contribution < 1.29 is 78.3 Å². The molecular weight excluding hydrogens is 1000 g/mol. The third kappa shape index (κ3) is 19.2. The van der Waals surface area contributed by atoms with Crippen molar-refractivity contribution in [1.82, 2.24) is 9.97 Å². The fourth-order valence-corrected chi connectivity index (χ4v) is 5.44. The summed E-state index contributed by atoms with van der Waals surface area (Å²) in [6.07, 6.45) is 3.37. The summed E-state index contributed by atoms with van der Waals surface area (Å²) in [5, 5.41) is 81.6. The van der Waals surface area contributed by atoms with E-state index in [4.69, 9.17) is 11.5 Å². The average molecular weight is 1040 g/mol. The molecule has 8 aromatic rings. The summed E-state index contributed by atoms with van der Waals surface area (Å²) in [6, 6.07) is 54.0. The molecule has 6 aromatic carbocycles. The Morgan fingerprint density at radius 2 is 0.708 bits per heavy atom. The molecule has 0 saturated heterocycles. The Kier molecular flexibility index (Phi) is 27.0. The number of non-ortho nitro benzene ring substituents is 2. The molecule has 0 aliphatic rings. The maximum absolute atomic E-state index is 12.1. The molecule has 2 N–H and O–H groups in total. The molecule has 0 atom stereocenters. The van der Waals surface area contributed by atoms with E-state index >= 15 is 0 Å². The summed E-state index contributed by atoms with van der Waals surface area (Å²) < 4.78 is 0. The Hall–Kier alpha value is -9.01. The van der Waals surface area contributed by atoms with Crippen LogP contribution >= 0.6 is 0 Å². The van der Waals surface area contributed by atoms with Crippen LogP contribution in [0, 0.1) is 20.2 Å². The second-order valence-electron chi connectivity index (χ2n) is 13.5. The number of pyridine rings is 2. The van der Waals surface area contributed by atoms with Crippen LogP contribution in [0.4, 0.5) is 22.7 Å². The number of rotatable bonds is 10. The minimum absolute atomic E-state index is 0. The standard InChI is InChI=1S/2C19H15N3O.2C6H5N2O3.2O.2V/c2*23-19(16-11-5-2-6-12-16)22-21-18(15-9-3-1-4-10-15)17-13-7-8-14-20-17;2*7-5-3-4(8(10)11)1-2-6(5)9;;;;/h2*1-14H,(H,22,23);2*1-3,7,9H;;;;/q;;2*-1;2*-2;;/p-4/b2*21-18+;;;;;;. The van der Waals surface area contributed by atoms with Crippen LogP contribution in [0.1, 0.15) is 33.6 Å². The molecule has 8 rings (SSSR count). The van der Waals surface area contributed by atoms with Gasteiger partial charge >= 0.3 is 0 Å². The number of nitrogens with one attached hydrogen (secondary N) is 2. The van der Waals surface area contributed by atoms with Crippen LogP contribution in [0.5, 0.6) is 11.5 Å².